The van der Waals surface area contributed by atoms with Crippen molar-refractivity contribution in [3.05, 3.63) is 92.1 Å². The maximum Gasteiger partial charge on any atom is 0.331 e. The number of aryl methyl sites for hydroxylation is 1. The zero-order chi connectivity index (χ0) is 27.5. The lowest BCUT2D eigenvalue weighted by atomic mass is 10.1. The highest BCUT2D eigenvalue weighted by Gasteiger charge is 2.29. The Balaban J connectivity index is 1.74. The van der Waals surface area contributed by atoms with Crippen molar-refractivity contribution in [1.82, 2.24) is 19.0 Å². The average molecular weight is 527 g/mol. The normalized spacial score (nSPS) is 13.7. The minimum absolute atomic E-state index is 0.225. The highest BCUT2D eigenvalue weighted by molar-refractivity contribution is 5.96. The molecule has 0 radical (unpaired) electrons. The first-order chi connectivity index (χ1) is 18.9. The summed E-state index contributed by atoms with van der Waals surface area (Å²) in [4.78, 5) is 42.8. The molecule has 1 fully saturated rings. The molecule has 2 aromatic carbocycles. The summed E-state index contributed by atoms with van der Waals surface area (Å²) in [6.45, 7) is 2.83. The smallest absolute Gasteiger partial charge is 0.331 e. The molecule has 0 unspecified atom stereocenters. The number of hydrogen-bond acceptors (Lipinski definition) is 7. The summed E-state index contributed by atoms with van der Waals surface area (Å²) in [5.41, 5.74) is 0.811. The summed E-state index contributed by atoms with van der Waals surface area (Å²) >= 11 is 0. The first-order valence-corrected chi connectivity index (χ1v) is 12.9. The van der Waals surface area contributed by atoms with Crippen molar-refractivity contribution in [2.75, 3.05) is 38.2 Å². The molecule has 0 atom stereocenters. The Morgan fingerprint density at radius 2 is 1.82 bits per heavy atom. The van der Waals surface area contributed by atoms with Crippen molar-refractivity contribution in [3.63, 3.8) is 0 Å². The number of ketones is 1. The van der Waals surface area contributed by atoms with Gasteiger partial charge in [0.05, 0.1) is 19.2 Å². The van der Waals surface area contributed by atoms with Crippen LogP contribution in [0.2, 0.25) is 0 Å². The number of Topliss-reactive ketones (excluding diaryl/α,β-unsaturated/α-hetero) is 1. The molecule has 0 bridgehead atoms. The Morgan fingerprint density at radius 3 is 2.56 bits per heavy atom. The molecule has 39 heavy (non-hydrogen) atoms. The van der Waals surface area contributed by atoms with Crippen molar-refractivity contribution < 1.29 is 9.53 Å². The third kappa shape index (κ3) is 4.84. The minimum atomic E-state index is -0.652. The van der Waals surface area contributed by atoms with Crippen LogP contribution < -0.4 is 26.2 Å². The number of nitriles is 1. The molecule has 1 aliphatic rings. The maximum atomic E-state index is 14.0. The molecule has 10 heteroatoms. The van der Waals surface area contributed by atoms with Gasteiger partial charge in [0.1, 0.15) is 28.7 Å². The fourth-order valence-corrected chi connectivity index (χ4v) is 5.21. The lowest BCUT2D eigenvalue weighted by molar-refractivity contribution is 0.0968. The number of nitrogens with zero attached hydrogens (tertiary/aromatic N) is 5. The zero-order valence-electron chi connectivity index (χ0n) is 22.0. The summed E-state index contributed by atoms with van der Waals surface area (Å²) < 4.78 is 9.33. The van der Waals surface area contributed by atoms with Crippen molar-refractivity contribution in [2.45, 2.75) is 19.5 Å². The van der Waals surface area contributed by atoms with Crippen LogP contribution in [0.25, 0.3) is 11.0 Å². The summed E-state index contributed by atoms with van der Waals surface area (Å²) in [6.07, 6.45) is 0.871. The predicted octanol–water partition coefficient (Wildman–Crippen LogP) is 2.11. The quantitative estimate of drug-likeness (QED) is 0.367. The molecular formula is C29H30N6O4. The van der Waals surface area contributed by atoms with E-state index in [4.69, 9.17) is 4.74 Å². The molecule has 2 aromatic heterocycles. The van der Waals surface area contributed by atoms with Gasteiger partial charge in [-0.3, -0.25) is 18.7 Å². The van der Waals surface area contributed by atoms with Gasteiger partial charge < -0.3 is 19.5 Å². The lowest BCUT2D eigenvalue weighted by Crippen LogP contribution is -2.41. The highest BCUT2D eigenvalue weighted by Crippen LogP contribution is 2.31. The molecular weight excluding hydrogens is 496 g/mol. The van der Waals surface area contributed by atoms with Gasteiger partial charge in [0.25, 0.3) is 5.56 Å². The van der Waals surface area contributed by atoms with Gasteiger partial charge in [-0.05, 0) is 30.7 Å². The van der Waals surface area contributed by atoms with Crippen LogP contribution in [0.1, 0.15) is 27.9 Å². The van der Waals surface area contributed by atoms with Crippen LogP contribution in [0.5, 0.6) is 5.75 Å². The first-order valence-electron chi connectivity index (χ1n) is 12.9. The lowest BCUT2D eigenvalue weighted by Gasteiger charge is -2.24. The monoisotopic (exact) mass is 526 g/mol. The fourth-order valence-electron chi connectivity index (χ4n) is 5.21. The number of carbonyl (C=O) groups is 1. The zero-order valence-corrected chi connectivity index (χ0v) is 22.0. The molecule has 0 saturated carbocycles. The average Bonchev–Trinajstić information content (AvgIpc) is 3.08. The first kappa shape index (κ1) is 26.0. The van der Waals surface area contributed by atoms with E-state index >= 15 is 0 Å². The summed E-state index contributed by atoms with van der Waals surface area (Å²) in [5.74, 6) is 0.723. The van der Waals surface area contributed by atoms with Gasteiger partial charge in [-0.1, -0.05) is 42.5 Å². The summed E-state index contributed by atoms with van der Waals surface area (Å²) in [6, 6.07) is 18.6. The van der Waals surface area contributed by atoms with E-state index in [1.54, 1.807) is 24.3 Å². The predicted molar refractivity (Wildman–Crippen MR) is 149 cm³/mol. The number of benzene rings is 2. The number of ether oxygens (including phenoxy) is 1. The number of aromatic nitrogens is 3. The number of nitrogens with one attached hydrogen (secondary N) is 1. The molecule has 1 aliphatic heterocycles. The molecule has 0 amide bonds. The number of fused-ring (bicyclic) bond motifs is 1. The Bertz CT molecular complexity index is 1690. The van der Waals surface area contributed by atoms with Crippen LogP contribution in [0.3, 0.4) is 0 Å². The van der Waals surface area contributed by atoms with Gasteiger partial charge in [0.15, 0.2) is 5.78 Å². The Hall–Kier alpha value is -4.62. The molecule has 200 valence electrons. The molecule has 3 heterocycles. The van der Waals surface area contributed by atoms with Gasteiger partial charge in [-0.15, -0.1) is 0 Å². The van der Waals surface area contributed by atoms with Crippen molar-refractivity contribution in [2.24, 2.45) is 7.05 Å². The maximum absolute atomic E-state index is 14.0. The van der Waals surface area contributed by atoms with Crippen LogP contribution in [0.15, 0.2) is 64.2 Å². The Labute approximate surface area is 225 Å². The third-order valence-electron chi connectivity index (χ3n) is 7.14. The number of anilines is 1. The SMILES string of the molecule is COc1cccc(C(=O)Cn2c(=O)c3c(c(C#N)c(N4CCCNCC4)n3Cc3ccccc3)n(C)c2=O)c1. The van der Waals surface area contributed by atoms with Crippen LogP contribution in [-0.4, -0.2) is 52.8 Å². The molecule has 1 N–H and O–H groups in total. The van der Waals surface area contributed by atoms with Gasteiger partial charge in [-0.25, -0.2) is 4.79 Å². The second-order valence-corrected chi connectivity index (χ2v) is 9.56. The van der Waals surface area contributed by atoms with Crippen LogP contribution in [-0.2, 0) is 20.1 Å². The van der Waals surface area contributed by atoms with E-state index < -0.39 is 23.6 Å². The van der Waals surface area contributed by atoms with Crippen molar-refractivity contribution in [1.29, 1.82) is 5.26 Å². The topological polar surface area (TPSA) is 114 Å². The standard InChI is InChI=1S/C29H30N6O4/c1-32-25-23(17-30)27(33-14-7-12-31-13-15-33)34(18-20-8-4-3-5-9-20)26(25)28(37)35(29(32)38)19-24(36)21-10-6-11-22(16-21)39-2/h3-6,8-11,16,31H,7,12-15,18-19H2,1-2H3. The van der Waals surface area contributed by atoms with E-state index in [-0.39, 0.29) is 16.6 Å². The number of methoxy groups -OCH3 is 1. The second-order valence-electron chi connectivity index (χ2n) is 9.56. The van der Waals surface area contributed by atoms with E-state index in [2.05, 4.69) is 16.3 Å². The summed E-state index contributed by atoms with van der Waals surface area (Å²) in [7, 11) is 3.04. The molecule has 0 spiro atoms. The van der Waals surface area contributed by atoms with Crippen molar-refractivity contribution in [3.8, 4) is 11.8 Å². The Kier molecular flexibility index (Phi) is 7.34. The van der Waals surface area contributed by atoms with Gasteiger partial charge in [0.2, 0.25) is 0 Å². The molecule has 10 nitrogen and oxygen atoms in total. The van der Waals surface area contributed by atoms with Crippen molar-refractivity contribution >= 4 is 22.6 Å². The van der Waals surface area contributed by atoms with E-state index in [1.807, 2.05) is 34.9 Å². The summed E-state index contributed by atoms with van der Waals surface area (Å²) in [5, 5.41) is 13.7. The third-order valence-corrected chi connectivity index (χ3v) is 7.14. The largest absolute Gasteiger partial charge is 0.497 e. The second kappa shape index (κ2) is 11.0. The highest BCUT2D eigenvalue weighted by atomic mass is 16.5. The number of carbonyl (C=O) groups excluding carboxylic acids is 1. The minimum Gasteiger partial charge on any atom is -0.497 e. The van der Waals surface area contributed by atoms with E-state index in [0.717, 1.165) is 29.6 Å². The van der Waals surface area contributed by atoms with E-state index in [1.165, 1.54) is 18.7 Å². The number of hydrogen-bond donors (Lipinski definition) is 1. The fraction of sp³-hybridized carbons (Fsp3) is 0.310. The molecule has 1 saturated heterocycles. The van der Waals surface area contributed by atoms with Gasteiger partial charge in [-0.2, -0.15) is 5.26 Å². The molecule has 0 aliphatic carbocycles. The van der Waals surface area contributed by atoms with Gasteiger partial charge in [0, 0.05) is 38.8 Å². The van der Waals surface area contributed by atoms with Gasteiger partial charge >= 0.3 is 5.69 Å². The van der Waals surface area contributed by atoms with Crippen LogP contribution >= 0.6 is 0 Å². The molecule has 5 rings (SSSR count). The van der Waals surface area contributed by atoms with E-state index in [0.29, 0.717) is 36.8 Å². The van der Waals surface area contributed by atoms with E-state index in [9.17, 15) is 19.6 Å². The Morgan fingerprint density at radius 1 is 1.03 bits per heavy atom. The number of rotatable bonds is 7. The van der Waals surface area contributed by atoms with Crippen LogP contribution in [0.4, 0.5) is 5.82 Å². The van der Waals surface area contributed by atoms with Crippen LogP contribution in [0, 0.1) is 11.3 Å². The molecule has 4 aromatic rings.